The Hall–Kier alpha value is -3.09. The van der Waals surface area contributed by atoms with Gasteiger partial charge in [0, 0.05) is 38.9 Å². The monoisotopic (exact) mass is 400 g/mol. The zero-order valence-electron chi connectivity index (χ0n) is 17.7. The molecule has 7 nitrogen and oxygen atoms in total. The minimum absolute atomic E-state index is 0.000140. The molecule has 0 saturated carbocycles. The molecule has 0 amide bonds. The molecule has 0 aliphatic rings. The third-order valence-corrected chi connectivity index (χ3v) is 4.62. The van der Waals surface area contributed by atoms with Crippen LogP contribution in [0.4, 0.5) is 5.69 Å². The standard InChI is InChI=1S/C22H32N4O3/c1-5-26(18-10-7-6-8-11-18)13-9-12-24-22(23-2)25-16-17-14-19(28-3)21(27)20(15-17)29-4/h6-8,10-11,14-15,27H,5,9,12-13,16H2,1-4H3,(H2,23,24,25). The van der Waals surface area contributed by atoms with Gasteiger partial charge in [0.05, 0.1) is 14.2 Å². The number of methoxy groups -OCH3 is 2. The van der Waals surface area contributed by atoms with E-state index in [-0.39, 0.29) is 5.75 Å². The van der Waals surface area contributed by atoms with Crippen LogP contribution in [0.3, 0.4) is 0 Å². The maximum absolute atomic E-state index is 10.0. The predicted molar refractivity (Wildman–Crippen MR) is 118 cm³/mol. The number of nitrogens with one attached hydrogen (secondary N) is 2. The fourth-order valence-electron chi connectivity index (χ4n) is 3.04. The molecule has 0 aromatic heterocycles. The molecule has 0 aliphatic heterocycles. The molecule has 0 saturated heterocycles. The number of phenolic OH excluding ortho intramolecular Hbond substituents is 1. The molecule has 0 heterocycles. The van der Waals surface area contributed by atoms with Gasteiger partial charge in [-0.2, -0.15) is 0 Å². The maximum atomic E-state index is 10.0. The Kier molecular flexibility index (Phi) is 8.95. The van der Waals surface area contributed by atoms with E-state index in [1.54, 1.807) is 19.2 Å². The summed E-state index contributed by atoms with van der Waals surface area (Å²) in [4.78, 5) is 6.62. The molecule has 0 radical (unpaired) electrons. The first-order valence-corrected chi connectivity index (χ1v) is 9.81. The quantitative estimate of drug-likeness (QED) is 0.323. The van der Waals surface area contributed by atoms with E-state index < -0.39 is 0 Å². The molecule has 2 aromatic carbocycles. The number of hydrogen-bond acceptors (Lipinski definition) is 5. The summed E-state index contributed by atoms with van der Waals surface area (Å²) in [5.41, 5.74) is 2.16. The molecule has 29 heavy (non-hydrogen) atoms. The van der Waals surface area contributed by atoms with Gasteiger partial charge in [0.2, 0.25) is 5.75 Å². The van der Waals surface area contributed by atoms with Crippen LogP contribution in [0.15, 0.2) is 47.5 Å². The number of guanidine groups is 1. The Balaban J connectivity index is 1.82. The highest BCUT2D eigenvalue weighted by Gasteiger charge is 2.11. The van der Waals surface area contributed by atoms with Gasteiger partial charge in [0.25, 0.3) is 0 Å². The van der Waals surface area contributed by atoms with Crippen LogP contribution in [0.2, 0.25) is 0 Å². The molecule has 158 valence electrons. The number of hydrogen-bond donors (Lipinski definition) is 3. The fourth-order valence-corrected chi connectivity index (χ4v) is 3.04. The number of phenols is 1. The lowest BCUT2D eigenvalue weighted by molar-refractivity contribution is 0.339. The van der Waals surface area contributed by atoms with Crippen LogP contribution in [0, 0.1) is 0 Å². The average Bonchev–Trinajstić information content (AvgIpc) is 2.77. The van der Waals surface area contributed by atoms with Crippen LogP contribution in [0.1, 0.15) is 18.9 Å². The van der Waals surface area contributed by atoms with E-state index in [0.717, 1.165) is 37.6 Å². The summed E-state index contributed by atoms with van der Waals surface area (Å²) in [6.07, 6.45) is 0.990. The molecule has 0 bridgehead atoms. The van der Waals surface area contributed by atoms with Crippen LogP contribution in [0.5, 0.6) is 17.2 Å². The van der Waals surface area contributed by atoms with Gasteiger partial charge in [0.1, 0.15) is 0 Å². The summed E-state index contributed by atoms with van der Waals surface area (Å²) in [5, 5.41) is 16.6. The molecule has 0 atom stereocenters. The summed E-state index contributed by atoms with van der Waals surface area (Å²) < 4.78 is 10.4. The van der Waals surface area contributed by atoms with Crippen LogP contribution >= 0.6 is 0 Å². The normalized spacial score (nSPS) is 11.1. The summed E-state index contributed by atoms with van der Waals surface area (Å²) in [6.45, 7) is 5.45. The van der Waals surface area contributed by atoms with Crippen molar-refractivity contribution in [1.29, 1.82) is 0 Å². The first-order chi connectivity index (χ1) is 14.1. The van der Waals surface area contributed by atoms with E-state index in [9.17, 15) is 5.11 Å². The number of benzene rings is 2. The van der Waals surface area contributed by atoms with Gasteiger partial charge in [-0.25, -0.2) is 0 Å². The molecular formula is C22H32N4O3. The van der Waals surface area contributed by atoms with Gasteiger partial charge < -0.3 is 30.1 Å². The van der Waals surface area contributed by atoms with Crippen molar-refractivity contribution in [3.05, 3.63) is 48.0 Å². The molecule has 0 unspecified atom stereocenters. The van der Waals surface area contributed by atoms with Crippen LogP contribution in [0.25, 0.3) is 0 Å². The second-order valence-corrected chi connectivity index (χ2v) is 6.47. The number of rotatable bonds is 10. The van der Waals surface area contributed by atoms with E-state index in [4.69, 9.17) is 9.47 Å². The van der Waals surface area contributed by atoms with Crippen LogP contribution in [-0.4, -0.2) is 52.0 Å². The highest BCUT2D eigenvalue weighted by atomic mass is 16.5. The van der Waals surface area contributed by atoms with E-state index >= 15 is 0 Å². The zero-order valence-corrected chi connectivity index (χ0v) is 17.7. The van der Waals surface area contributed by atoms with Gasteiger partial charge in [-0.15, -0.1) is 0 Å². The Morgan fingerprint density at radius 1 is 1.07 bits per heavy atom. The van der Waals surface area contributed by atoms with Gasteiger partial charge in [-0.1, -0.05) is 18.2 Å². The SMILES string of the molecule is CCN(CCCNC(=NC)NCc1cc(OC)c(O)c(OC)c1)c1ccccc1. The number of anilines is 1. The third-order valence-electron chi connectivity index (χ3n) is 4.62. The van der Waals surface area contributed by atoms with Gasteiger partial charge in [-0.05, 0) is 43.2 Å². The molecular weight excluding hydrogens is 368 g/mol. The Bertz CT molecular complexity index is 756. The second kappa shape index (κ2) is 11.7. The third kappa shape index (κ3) is 6.48. The molecule has 0 fully saturated rings. The van der Waals surface area contributed by atoms with E-state index in [2.05, 4.69) is 51.7 Å². The molecule has 2 rings (SSSR count). The number of para-hydroxylation sites is 1. The number of aromatic hydroxyl groups is 1. The zero-order chi connectivity index (χ0) is 21.1. The van der Waals surface area contributed by atoms with Gasteiger partial charge in [-0.3, -0.25) is 4.99 Å². The summed E-state index contributed by atoms with van der Waals surface area (Å²) in [7, 11) is 4.78. The Morgan fingerprint density at radius 3 is 2.28 bits per heavy atom. The molecule has 0 spiro atoms. The smallest absolute Gasteiger partial charge is 0.200 e. The lowest BCUT2D eigenvalue weighted by Crippen LogP contribution is -2.38. The number of nitrogens with zero attached hydrogens (tertiary/aromatic N) is 2. The lowest BCUT2D eigenvalue weighted by Gasteiger charge is -2.23. The highest BCUT2D eigenvalue weighted by Crippen LogP contribution is 2.36. The molecule has 3 N–H and O–H groups in total. The minimum atomic E-state index is 0.000140. The highest BCUT2D eigenvalue weighted by molar-refractivity contribution is 5.79. The molecule has 7 heteroatoms. The topological polar surface area (TPSA) is 78.4 Å². The largest absolute Gasteiger partial charge is 0.502 e. The van der Waals surface area contributed by atoms with Crippen molar-refractivity contribution in [2.24, 2.45) is 4.99 Å². The van der Waals surface area contributed by atoms with Crippen molar-refractivity contribution in [1.82, 2.24) is 10.6 Å². The van der Waals surface area contributed by atoms with Crippen LogP contribution < -0.4 is 25.0 Å². The minimum Gasteiger partial charge on any atom is -0.502 e. The Morgan fingerprint density at radius 2 is 1.72 bits per heavy atom. The average molecular weight is 401 g/mol. The Labute approximate surface area is 173 Å². The lowest BCUT2D eigenvalue weighted by atomic mass is 10.2. The predicted octanol–water partition coefficient (Wildman–Crippen LogP) is 2.99. The maximum Gasteiger partial charge on any atom is 0.200 e. The van der Waals surface area contributed by atoms with Crippen molar-refractivity contribution < 1.29 is 14.6 Å². The summed E-state index contributed by atoms with van der Waals surface area (Å²) in [6, 6.07) is 14.0. The van der Waals surface area contributed by atoms with E-state index in [1.165, 1.54) is 19.9 Å². The van der Waals surface area contributed by atoms with E-state index in [0.29, 0.717) is 18.0 Å². The van der Waals surface area contributed by atoms with Crippen molar-refractivity contribution in [2.45, 2.75) is 19.9 Å². The fraction of sp³-hybridized carbons (Fsp3) is 0.409. The van der Waals surface area contributed by atoms with Crippen molar-refractivity contribution >= 4 is 11.6 Å². The van der Waals surface area contributed by atoms with Crippen molar-refractivity contribution in [3.63, 3.8) is 0 Å². The van der Waals surface area contributed by atoms with Crippen molar-refractivity contribution in [2.75, 3.05) is 45.8 Å². The summed E-state index contributed by atoms with van der Waals surface area (Å²) in [5.74, 6) is 1.48. The van der Waals surface area contributed by atoms with Crippen LogP contribution in [-0.2, 0) is 6.54 Å². The number of ether oxygens (including phenoxy) is 2. The van der Waals surface area contributed by atoms with Crippen molar-refractivity contribution in [3.8, 4) is 17.2 Å². The molecule has 0 aliphatic carbocycles. The summed E-state index contributed by atoms with van der Waals surface area (Å²) >= 11 is 0. The van der Waals surface area contributed by atoms with Gasteiger partial charge in [0.15, 0.2) is 17.5 Å². The second-order valence-electron chi connectivity index (χ2n) is 6.47. The first kappa shape index (κ1) is 22.2. The first-order valence-electron chi connectivity index (χ1n) is 9.81. The van der Waals surface area contributed by atoms with Gasteiger partial charge >= 0.3 is 0 Å². The number of aliphatic imine (C=N–C) groups is 1. The molecule has 2 aromatic rings. The van der Waals surface area contributed by atoms with E-state index in [1.807, 2.05) is 6.07 Å².